The van der Waals surface area contributed by atoms with E-state index < -0.39 is 42.4 Å². The van der Waals surface area contributed by atoms with E-state index in [2.05, 4.69) is 10.6 Å². The highest BCUT2D eigenvalue weighted by Gasteiger charge is 2.45. The van der Waals surface area contributed by atoms with E-state index in [1.54, 1.807) is 6.92 Å². The van der Waals surface area contributed by atoms with E-state index in [-0.39, 0.29) is 24.9 Å². The number of carbonyl (C=O) groups excluding carboxylic acids is 2. The standard InChI is InChI=1S/C26H28F2N2O5/c1-26(15-10-11-15,13-23(31)29-21(24(32)33)12-22(27)28)30-25(34)35-14-20-18-8-4-2-6-16(18)17-7-3-5-9-19(17)20/h2-9,15,20-22H,10-14H2,1H3,(H,29,31)(H,30,34)(H,32,33). The lowest BCUT2D eigenvalue weighted by Gasteiger charge is -2.31. The van der Waals surface area contributed by atoms with Crippen molar-refractivity contribution < 1.29 is 33.0 Å². The molecule has 4 rings (SSSR count). The number of carbonyl (C=O) groups is 3. The number of rotatable bonds is 10. The Balaban J connectivity index is 1.39. The molecular weight excluding hydrogens is 458 g/mol. The maximum atomic E-state index is 12.8. The third-order valence-electron chi connectivity index (χ3n) is 6.78. The van der Waals surface area contributed by atoms with Crippen LogP contribution >= 0.6 is 0 Å². The topological polar surface area (TPSA) is 105 Å². The Labute approximate surface area is 201 Å². The minimum Gasteiger partial charge on any atom is -0.480 e. The van der Waals surface area contributed by atoms with Crippen LogP contribution in [0.5, 0.6) is 0 Å². The van der Waals surface area contributed by atoms with Crippen molar-refractivity contribution in [2.45, 2.75) is 56.5 Å². The van der Waals surface area contributed by atoms with Crippen molar-refractivity contribution in [3.05, 3.63) is 59.7 Å². The van der Waals surface area contributed by atoms with Crippen LogP contribution in [0.1, 0.15) is 49.7 Å². The molecule has 0 spiro atoms. The number of alkyl carbamates (subject to hydrolysis) is 1. The van der Waals surface area contributed by atoms with Gasteiger partial charge in [-0.3, -0.25) is 4.79 Å². The van der Waals surface area contributed by atoms with Crippen molar-refractivity contribution in [2.24, 2.45) is 5.92 Å². The number of carboxylic acid groups (broad SMARTS) is 1. The lowest BCUT2D eigenvalue weighted by Crippen LogP contribution is -2.53. The van der Waals surface area contributed by atoms with E-state index in [0.717, 1.165) is 35.1 Å². The SMILES string of the molecule is CC(CC(=O)NC(CC(F)F)C(=O)O)(NC(=O)OCC1c2ccccc2-c2ccccc21)C1CC1. The molecule has 0 aromatic heterocycles. The van der Waals surface area contributed by atoms with Crippen LogP contribution in [-0.4, -0.2) is 47.7 Å². The van der Waals surface area contributed by atoms with Crippen LogP contribution in [0.2, 0.25) is 0 Å². The number of halogens is 2. The van der Waals surface area contributed by atoms with Gasteiger partial charge < -0.3 is 20.5 Å². The first-order valence-corrected chi connectivity index (χ1v) is 11.6. The van der Waals surface area contributed by atoms with Crippen molar-refractivity contribution in [3.63, 3.8) is 0 Å². The summed E-state index contributed by atoms with van der Waals surface area (Å²) < 4.78 is 30.9. The summed E-state index contributed by atoms with van der Waals surface area (Å²) in [6, 6.07) is 14.2. The molecule has 0 aliphatic heterocycles. The normalized spacial score (nSPS) is 17.1. The zero-order chi connectivity index (χ0) is 25.2. The van der Waals surface area contributed by atoms with Gasteiger partial charge in [-0.25, -0.2) is 18.4 Å². The largest absolute Gasteiger partial charge is 0.480 e. The van der Waals surface area contributed by atoms with Gasteiger partial charge in [0.25, 0.3) is 0 Å². The van der Waals surface area contributed by atoms with Gasteiger partial charge in [-0.1, -0.05) is 48.5 Å². The predicted molar refractivity (Wildman–Crippen MR) is 124 cm³/mol. The molecule has 2 unspecified atom stereocenters. The molecule has 7 nitrogen and oxygen atoms in total. The smallest absolute Gasteiger partial charge is 0.407 e. The summed E-state index contributed by atoms with van der Waals surface area (Å²) in [6.45, 7) is 1.80. The van der Waals surface area contributed by atoms with Crippen LogP contribution in [-0.2, 0) is 14.3 Å². The van der Waals surface area contributed by atoms with Crippen LogP contribution in [0, 0.1) is 5.92 Å². The molecule has 1 saturated carbocycles. The van der Waals surface area contributed by atoms with E-state index in [0.29, 0.717) is 0 Å². The molecule has 2 aromatic carbocycles. The zero-order valence-corrected chi connectivity index (χ0v) is 19.3. The van der Waals surface area contributed by atoms with Crippen LogP contribution in [0.15, 0.2) is 48.5 Å². The van der Waals surface area contributed by atoms with Crippen molar-refractivity contribution in [3.8, 4) is 11.1 Å². The highest BCUT2D eigenvalue weighted by atomic mass is 19.3. The molecule has 186 valence electrons. The van der Waals surface area contributed by atoms with E-state index in [1.807, 2.05) is 48.5 Å². The number of aliphatic carboxylic acids is 1. The summed E-state index contributed by atoms with van der Waals surface area (Å²) in [5.41, 5.74) is 3.37. The van der Waals surface area contributed by atoms with Crippen LogP contribution in [0.4, 0.5) is 13.6 Å². The highest BCUT2D eigenvalue weighted by molar-refractivity contribution is 5.85. The summed E-state index contributed by atoms with van der Waals surface area (Å²) in [4.78, 5) is 36.5. The van der Waals surface area contributed by atoms with Crippen molar-refractivity contribution in [1.82, 2.24) is 10.6 Å². The molecule has 3 N–H and O–H groups in total. The average molecular weight is 487 g/mol. The Morgan fingerprint density at radius 2 is 1.63 bits per heavy atom. The van der Waals surface area contributed by atoms with Gasteiger partial charge in [-0.05, 0) is 47.9 Å². The molecule has 0 bridgehead atoms. The Kier molecular flexibility index (Phi) is 7.05. The monoisotopic (exact) mass is 486 g/mol. The summed E-state index contributed by atoms with van der Waals surface area (Å²) in [7, 11) is 0. The number of nitrogens with one attached hydrogen (secondary N) is 2. The molecule has 2 aromatic rings. The highest BCUT2D eigenvalue weighted by Crippen LogP contribution is 2.45. The molecule has 2 atom stereocenters. The zero-order valence-electron chi connectivity index (χ0n) is 19.3. The first kappa shape index (κ1) is 24.6. The van der Waals surface area contributed by atoms with Crippen molar-refractivity contribution >= 4 is 18.0 Å². The van der Waals surface area contributed by atoms with Gasteiger partial charge in [-0.15, -0.1) is 0 Å². The molecule has 0 heterocycles. The number of hydrogen-bond acceptors (Lipinski definition) is 4. The predicted octanol–water partition coefficient (Wildman–Crippen LogP) is 4.31. The third-order valence-corrected chi connectivity index (χ3v) is 6.78. The number of amides is 2. The van der Waals surface area contributed by atoms with Gasteiger partial charge in [0.1, 0.15) is 12.6 Å². The summed E-state index contributed by atoms with van der Waals surface area (Å²) in [6.07, 6.45) is -3.21. The fraction of sp³-hybridized carbons (Fsp3) is 0.423. The van der Waals surface area contributed by atoms with Gasteiger partial charge in [0, 0.05) is 18.8 Å². The van der Waals surface area contributed by atoms with Gasteiger partial charge in [-0.2, -0.15) is 0 Å². The number of hydrogen-bond donors (Lipinski definition) is 3. The molecule has 2 amide bonds. The third kappa shape index (κ3) is 5.61. The molecule has 35 heavy (non-hydrogen) atoms. The molecular formula is C26H28F2N2O5. The summed E-state index contributed by atoms with van der Waals surface area (Å²) in [5, 5.41) is 14.0. The molecule has 2 aliphatic carbocycles. The maximum Gasteiger partial charge on any atom is 0.407 e. The molecule has 2 aliphatic rings. The molecule has 0 saturated heterocycles. The molecule has 9 heteroatoms. The fourth-order valence-corrected chi connectivity index (χ4v) is 4.86. The number of alkyl halides is 2. The van der Waals surface area contributed by atoms with E-state index in [4.69, 9.17) is 9.84 Å². The van der Waals surface area contributed by atoms with Gasteiger partial charge >= 0.3 is 12.1 Å². The fourth-order valence-electron chi connectivity index (χ4n) is 4.86. The van der Waals surface area contributed by atoms with Crippen molar-refractivity contribution in [1.29, 1.82) is 0 Å². The maximum absolute atomic E-state index is 12.8. The average Bonchev–Trinajstić information content (AvgIpc) is 3.61. The van der Waals surface area contributed by atoms with Crippen LogP contribution < -0.4 is 10.6 Å². The Hall–Kier alpha value is -3.49. The lowest BCUT2D eigenvalue weighted by atomic mass is 9.91. The molecule has 0 radical (unpaired) electrons. The van der Waals surface area contributed by atoms with Gasteiger partial charge in [0.15, 0.2) is 0 Å². The van der Waals surface area contributed by atoms with Gasteiger partial charge in [0.2, 0.25) is 12.3 Å². The van der Waals surface area contributed by atoms with E-state index >= 15 is 0 Å². The van der Waals surface area contributed by atoms with Crippen LogP contribution in [0.3, 0.4) is 0 Å². The minimum absolute atomic E-state index is 0.00658. The summed E-state index contributed by atoms with van der Waals surface area (Å²) >= 11 is 0. The minimum atomic E-state index is -2.87. The first-order chi connectivity index (χ1) is 16.7. The van der Waals surface area contributed by atoms with E-state index in [9.17, 15) is 23.2 Å². The summed E-state index contributed by atoms with van der Waals surface area (Å²) in [5.74, 6) is -2.36. The number of ether oxygens (including phenoxy) is 1. The number of benzene rings is 2. The number of fused-ring (bicyclic) bond motifs is 3. The second kappa shape index (κ2) is 10.0. The molecule has 1 fully saturated rings. The van der Waals surface area contributed by atoms with Gasteiger partial charge in [0.05, 0.1) is 5.54 Å². The first-order valence-electron chi connectivity index (χ1n) is 11.6. The Bertz CT molecular complexity index is 1070. The number of carboxylic acids is 1. The lowest BCUT2D eigenvalue weighted by molar-refractivity contribution is -0.143. The Morgan fingerprint density at radius 1 is 1.06 bits per heavy atom. The quantitative estimate of drug-likeness (QED) is 0.464. The second-order valence-corrected chi connectivity index (χ2v) is 9.40. The van der Waals surface area contributed by atoms with Crippen molar-refractivity contribution in [2.75, 3.05) is 6.61 Å². The Morgan fingerprint density at radius 3 is 2.14 bits per heavy atom. The second-order valence-electron chi connectivity index (χ2n) is 9.40. The van der Waals surface area contributed by atoms with Crippen LogP contribution in [0.25, 0.3) is 11.1 Å². The van der Waals surface area contributed by atoms with E-state index in [1.165, 1.54) is 0 Å².